The highest BCUT2D eigenvalue weighted by Crippen LogP contribution is 2.38. The maximum Gasteiger partial charge on any atom is 0.228 e. The first-order valence-electron chi connectivity index (χ1n) is 8.01. The fourth-order valence-electron chi connectivity index (χ4n) is 3.50. The van der Waals surface area contributed by atoms with Crippen LogP contribution in [-0.2, 0) is 11.2 Å². The van der Waals surface area contributed by atoms with Gasteiger partial charge in [-0.05, 0) is 19.4 Å². The van der Waals surface area contributed by atoms with Crippen LogP contribution in [0.25, 0.3) is 11.4 Å². The standard InChI is InChI=1S/C17H21N3O2/c1-2-4-14(5-3-1)16-18-15(22-19-16)6-9-20-10-7-17(12-20)8-11-21-13-17/h1-5H,6-13H2. The molecule has 0 amide bonds. The molecule has 0 bridgehead atoms. The maximum atomic E-state index is 5.58. The molecule has 1 spiro atoms. The van der Waals surface area contributed by atoms with Crippen LogP contribution in [0.4, 0.5) is 0 Å². The van der Waals surface area contributed by atoms with E-state index in [-0.39, 0.29) is 0 Å². The summed E-state index contributed by atoms with van der Waals surface area (Å²) in [6.45, 7) is 5.15. The van der Waals surface area contributed by atoms with Crippen molar-refractivity contribution in [2.75, 3.05) is 32.8 Å². The Morgan fingerprint density at radius 2 is 2.09 bits per heavy atom. The molecule has 1 aromatic carbocycles. The van der Waals surface area contributed by atoms with Gasteiger partial charge in [-0.1, -0.05) is 35.5 Å². The van der Waals surface area contributed by atoms with Crippen molar-refractivity contribution in [3.63, 3.8) is 0 Å². The maximum absolute atomic E-state index is 5.58. The number of likely N-dealkylation sites (tertiary alicyclic amines) is 1. The van der Waals surface area contributed by atoms with E-state index in [0.29, 0.717) is 11.2 Å². The zero-order valence-electron chi connectivity index (χ0n) is 12.7. The van der Waals surface area contributed by atoms with Crippen molar-refractivity contribution in [2.24, 2.45) is 5.41 Å². The number of benzene rings is 1. The summed E-state index contributed by atoms with van der Waals surface area (Å²) in [6, 6.07) is 9.95. The van der Waals surface area contributed by atoms with E-state index in [0.717, 1.165) is 50.7 Å². The van der Waals surface area contributed by atoms with Gasteiger partial charge in [0.2, 0.25) is 11.7 Å². The number of nitrogens with zero attached hydrogens (tertiary/aromatic N) is 3. The van der Waals surface area contributed by atoms with Gasteiger partial charge in [-0.15, -0.1) is 0 Å². The molecule has 0 radical (unpaired) electrons. The molecule has 4 rings (SSSR count). The summed E-state index contributed by atoms with van der Waals surface area (Å²) in [5.74, 6) is 1.40. The molecule has 2 fully saturated rings. The Balaban J connectivity index is 1.34. The van der Waals surface area contributed by atoms with Gasteiger partial charge in [-0.25, -0.2) is 0 Å². The third-order valence-corrected chi connectivity index (χ3v) is 4.84. The fourth-order valence-corrected chi connectivity index (χ4v) is 3.50. The predicted octanol–water partition coefficient (Wildman–Crippen LogP) is 2.39. The molecule has 2 aliphatic rings. The van der Waals surface area contributed by atoms with Crippen LogP contribution < -0.4 is 0 Å². The number of aromatic nitrogens is 2. The van der Waals surface area contributed by atoms with Crippen LogP contribution in [0.15, 0.2) is 34.9 Å². The molecule has 0 saturated carbocycles. The molecular weight excluding hydrogens is 278 g/mol. The van der Waals surface area contributed by atoms with E-state index in [2.05, 4.69) is 15.0 Å². The lowest BCUT2D eigenvalue weighted by molar-refractivity contribution is 0.152. The van der Waals surface area contributed by atoms with E-state index >= 15 is 0 Å². The molecule has 0 aliphatic carbocycles. The number of ether oxygens (including phenoxy) is 1. The van der Waals surface area contributed by atoms with E-state index in [1.54, 1.807) is 0 Å². The minimum Gasteiger partial charge on any atom is -0.381 e. The van der Waals surface area contributed by atoms with E-state index in [9.17, 15) is 0 Å². The molecule has 2 saturated heterocycles. The second kappa shape index (κ2) is 5.82. The largest absolute Gasteiger partial charge is 0.381 e. The van der Waals surface area contributed by atoms with E-state index in [4.69, 9.17) is 9.26 Å². The Morgan fingerprint density at radius 3 is 2.91 bits per heavy atom. The molecule has 5 heteroatoms. The van der Waals surface area contributed by atoms with E-state index in [1.807, 2.05) is 30.3 Å². The summed E-state index contributed by atoms with van der Waals surface area (Å²) in [6.07, 6.45) is 3.28. The number of hydrogen-bond acceptors (Lipinski definition) is 5. The summed E-state index contributed by atoms with van der Waals surface area (Å²) < 4.78 is 11.0. The molecule has 116 valence electrons. The third-order valence-electron chi connectivity index (χ3n) is 4.84. The van der Waals surface area contributed by atoms with Crippen LogP contribution >= 0.6 is 0 Å². The summed E-state index contributed by atoms with van der Waals surface area (Å²) in [5.41, 5.74) is 1.42. The first-order chi connectivity index (χ1) is 10.8. The van der Waals surface area contributed by atoms with Gasteiger partial charge in [0, 0.05) is 37.1 Å². The molecule has 0 N–H and O–H groups in total. The van der Waals surface area contributed by atoms with Crippen LogP contribution in [0, 0.1) is 5.41 Å². The van der Waals surface area contributed by atoms with Gasteiger partial charge in [0.1, 0.15) is 0 Å². The number of hydrogen-bond donors (Lipinski definition) is 0. The molecule has 3 heterocycles. The zero-order chi connectivity index (χ0) is 14.8. The van der Waals surface area contributed by atoms with Crippen molar-refractivity contribution in [2.45, 2.75) is 19.3 Å². The van der Waals surface area contributed by atoms with Crippen LogP contribution in [0.3, 0.4) is 0 Å². The quantitative estimate of drug-likeness (QED) is 0.867. The number of rotatable bonds is 4. The average molecular weight is 299 g/mol. The Hall–Kier alpha value is -1.72. The Bertz CT molecular complexity index is 620. The highest BCUT2D eigenvalue weighted by molar-refractivity contribution is 5.53. The minimum absolute atomic E-state index is 0.421. The van der Waals surface area contributed by atoms with E-state index < -0.39 is 0 Å². The van der Waals surface area contributed by atoms with Crippen molar-refractivity contribution in [1.29, 1.82) is 0 Å². The second-order valence-electron chi connectivity index (χ2n) is 6.46. The lowest BCUT2D eigenvalue weighted by Gasteiger charge is -2.21. The third kappa shape index (κ3) is 2.78. The molecular formula is C17H21N3O2. The molecule has 2 aliphatic heterocycles. The van der Waals surface area contributed by atoms with Crippen LogP contribution in [-0.4, -0.2) is 47.9 Å². The van der Waals surface area contributed by atoms with Crippen molar-refractivity contribution >= 4 is 0 Å². The van der Waals surface area contributed by atoms with E-state index in [1.165, 1.54) is 12.8 Å². The molecule has 1 unspecified atom stereocenters. The highest BCUT2D eigenvalue weighted by atomic mass is 16.5. The van der Waals surface area contributed by atoms with Crippen LogP contribution in [0.5, 0.6) is 0 Å². The van der Waals surface area contributed by atoms with Gasteiger partial charge in [0.15, 0.2) is 0 Å². The first-order valence-corrected chi connectivity index (χ1v) is 8.01. The Morgan fingerprint density at radius 1 is 1.18 bits per heavy atom. The Labute approximate surface area is 130 Å². The predicted molar refractivity (Wildman–Crippen MR) is 82.4 cm³/mol. The SMILES string of the molecule is c1ccc(-c2noc(CCN3CCC4(CCOC4)C3)n2)cc1. The molecule has 1 atom stereocenters. The summed E-state index contributed by atoms with van der Waals surface area (Å²) >= 11 is 0. The summed E-state index contributed by atoms with van der Waals surface area (Å²) in [4.78, 5) is 7.00. The van der Waals surface area contributed by atoms with Crippen LogP contribution in [0.1, 0.15) is 18.7 Å². The molecule has 22 heavy (non-hydrogen) atoms. The zero-order valence-corrected chi connectivity index (χ0v) is 12.7. The van der Waals surface area contributed by atoms with Gasteiger partial charge < -0.3 is 14.2 Å². The lowest BCUT2D eigenvalue weighted by Crippen LogP contribution is -2.29. The lowest BCUT2D eigenvalue weighted by atomic mass is 9.87. The van der Waals surface area contributed by atoms with Gasteiger partial charge >= 0.3 is 0 Å². The van der Waals surface area contributed by atoms with Gasteiger partial charge in [-0.3, -0.25) is 0 Å². The second-order valence-corrected chi connectivity index (χ2v) is 6.46. The van der Waals surface area contributed by atoms with Crippen molar-refractivity contribution in [1.82, 2.24) is 15.0 Å². The highest BCUT2D eigenvalue weighted by Gasteiger charge is 2.40. The van der Waals surface area contributed by atoms with Gasteiger partial charge in [0.05, 0.1) is 6.61 Å². The van der Waals surface area contributed by atoms with Gasteiger partial charge in [0.25, 0.3) is 0 Å². The minimum atomic E-state index is 0.421. The molecule has 1 aromatic heterocycles. The summed E-state index contributed by atoms with van der Waals surface area (Å²) in [7, 11) is 0. The fraction of sp³-hybridized carbons (Fsp3) is 0.529. The average Bonchev–Trinajstić information content (AvgIpc) is 3.29. The van der Waals surface area contributed by atoms with Crippen LogP contribution in [0.2, 0.25) is 0 Å². The van der Waals surface area contributed by atoms with Gasteiger partial charge in [-0.2, -0.15) is 4.98 Å². The Kier molecular flexibility index (Phi) is 3.68. The summed E-state index contributed by atoms with van der Waals surface area (Å²) in [5, 5.41) is 4.08. The molecule has 5 nitrogen and oxygen atoms in total. The molecule has 2 aromatic rings. The van der Waals surface area contributed by atoms with Crippen molar-refractivity contribution in [3.8, 4) is 11.4 Å². The normalized spacial score (nSPS) is 25.3. The smallest absolute Gasteiger partial charge is 0.228 e. The first kappa shape index (κ1) is 13.9. The topological polar surface area (TPSA) is 51.4 Å². The monoisotopic (exact) mass is 299 g/mol. The van der Waals surface area contributed by atoms with Crippen molar-refractivity contribution in [3.05, 3.63) is 36.2 Å². The van der Waals surface area contributed by atoms with Crippen molar-refractivity contribution < 1.29 is 9.26 Å².